The Morgan fingerprint density at radius 1 is 1.47 bits per heavy atom. The molecule has 0 aromatic carbocycles. The lowest BCUT2D eigenvalue weighted by Crippen LogP contribution is -2.45. The Bertz CT molecular complexity index is 578. The minimum absolute atomic E-state index is 0.0193. The van der Waals surface area contributed by atoms with E-state index in [0.29, 0.717) is 12.5 Å². The number of sulfonamides is 1. The van der Waals surface area contributed by atoms with Gasteiger partial charge in [-0.1, -0.05) is 6.92 Å². The lowest BCUT2D eigenvalue weighted by molar-refractivity contribution is 0.0691. The number of H-pyrrole nitrogens is 1. The maximum absolute atomic E-state index is 12.5. The number of aromatic amines is 1. The molecular weight excluding hydrogens is 268 g/mol. The van der Waals surface area contributed by atoms with Gasteiger partial charge >= 0.3 is 5.97 Å². The van der Waals surface area contributed by atoms with Crippen molar-refractivity contribution in [3.63, 3.8) is 0 Å². The van der Waals surface area contributed by atoms with Gasteiger partial charge in [0.25, 0.3) is 0 Å². The van der Waals surface area contributed by atoms with Gasteiger partial charge in [0, 0.05) is 18.8 Å². The molecule has 19 heavy (non-hydrogen) atoms. The Morgan fingerprint density at radius 3 is 2.74 bits per heavy atom. The van der Waals surface area contributed by atoms with Crippen molar-refractivity contribution in [2.45, 2.75) is 37.6 Å². The molecule has 1 aromatic heterocycles. The maximum atomic E-state index is 12.5. The quantitative estimate of drug-likeness (QED) is 0.881. The summed E-state index contributed by atoms with van der Waals surface area (Å²) in [5, 5.41) is 8.83. The topological polar surface area (TPSA) is 90.5 Å². The second kappa shape index (κ2) is 4.97. The molecule has 0 amide bonds. The molecule has 1 fully saturated rings. The van der Waals surface area contributed by atoms with E-state index in [4.69, 9.17) is 5.11 Å². The summed E-state index contributed by atoms with van der Waals surface area (Å²) in [5.41, 5.74) is -0.115. The average molecular weight is 286 g/mol. The predicted octanol–water partition coefficient (Wildman–Crippen LogP) is 1.52. The molecule has 2 rings (SSSR count). The first-order valence-electron chi connectivity index (χ1n) is 6.27. The van der Waals surface area contributed by atoms with Crippen molar-refractivity contribution >= 4 is 16.0 Å². The molecular formula is C12H18N2O4S. The minimum Gasteiger partial charge on any atom is -0.477 e. The summed E-state index contributed by atoms with van der Waals surface area (Å²) in [6, 6.07) is 1.10. The van der Waals surface area contributed by atoms with Gasteiger partial charge in [-0.15, -0.1) is 0 Å². The molecule has 2 atom stereocenters. The lowest BCUT2D eigenvalue weighted by Gasteiger charge is -2.36. The van der Waals surface area contributed by atoms with Gasteiger partial charge in [-0.05, 0) is 31.7 Å². The smallest absolute Gasteiger partial charge is 0.352 e. The highest BCUT2D eigenvalue weighted by atomic mass is 32.2. The van der Waals surface area contributed by atoms with Crippen LogP contribution in [-0.2, 0) is 10.0 Å². The fourth-order valence-electron chi connectivity index (χ4n) is 2.42. The molecule has 1 aliphatic rings. The molecule has 7 heteroatoms. The van der Waals surface area contributed by atoms with Gasteiger partial charge in [0.15, 0.2) is 0 Å². The normalized spacial score (nSPS) is 25.4. The second-order valence-electron chi connectivity index (χ2n) is 5.03. The molecule has 2 heterocycles. The Kier molecular flexibility index (Phi) is 3.69. The first kappa shape index (κ1) is 14.1. The van der Waals surface area contributed by atoms with Gasteiger partial charge in [0.2, 0.25) is 10.0 Å². The number of aromatic nitrogens is 1. The van der Waals surface area contributed by atoms with E-state index in [1.54, 1.807) is 0 Å². The molecule has 1 aliphatic heterocycles. The van der Waals surface area contributed by atoms with E-state index in [0.717, 1.165) is 12.8 Å². The van der Waals surface area contributed by atoms with Gasteiger partial charge in [0.1, 0.15) is 10.6 Å². The van der Waals surface area contributed by atoms with Crippen molar-refractivity contribution in [2.24, 2.45) is 5.92 Å². The van der Waals surface area contributed by atoms with Gasteiger partial charge in [-0.3, -0.25) is 0 Å². The first-order chi connectivity index (χ1) is 8.84. The van der Waals surface area contributed by atoms with E-state index in [9.17, 15) is 13.2 Å². The molecule has 1 saturated heterocycles. The fraction of sp³-hybridized carbons (Fsp3) is 0.583. The third-order valence-electron chi connectivity index (χ3n) is 3.81. The lowest BCUT2D eigenvalue weighted by atomic mass is 9.94. The number of hydrogen-bond donors (Lipinski definition) is 2. The van der Waals surface area contributed by atoms with Gasteiger partial charge < -0.3 is 10.1 Å². The number of piperidine rings is 1. The summed E-state index contributed by atoms with van der Waals surface area (Å²) in [5.74, 6) is -0.858. The number of carboxylic acid groups (broad SMARTS) is 1. The van der Waals surface area contributed by atoms with Crippen LogP contribution < -0.4 is 0 Å². The van der Waals surface area contributed by atoms with Crippen LogP contribution in [0.4, 0.5) is 0 Å². The number of aromatic carboxylic acids is 1. The molecule has 0 aliphatic carbocycles. The number of hydrogen-bond acceptors (Lipinski definition) is 3. The Morgan fingerprint density at radius 2 is 2.16 bits per heavy atom. The first-order valence-corrected chi connectivity index (χ1v) is 7.71. The van der Waals surface area contributed by atoms with E-state index in [1.807, 2.05) is 13.8 Å². The van der Waals surface area contributed by atoms with E-state index in [1.165, 1.54) is 16.6 Å². The van der Waals surface area contributed by atoms with E-state index >= 15 is 0 Å². The summed E-state index contributed by atoms with van der Waals surface area (Å²) in [6.45, 7) is 4.42. The summed E-state index contributed by atoms with van der Waals surface area (Å²) in [7, 11) is -3.62. The molecule has 0 radical (unpaired) electrons. The van der Waals surface area contributed by atoms with Crippen molar-refractivity contribution in [1.82, 2.24) is 9.29 Å². The summed E-state index contributed by atoms with van der Waals surface area (Å²) in [6.07, 6.45) is 3.09. The molecule has 0 bridgehead atoms. The fourth-order valence-corrected chi connectivity index (χ4v) is 4.18. The Hall–Kier alpha value is -1.34. The highest BCUT2D eigenvalue weighted by Crippen LogP contribution is 2.28. The third-order valence-corrected chi connectivity index (χ3v) is 5.77. The largest absolute Gasteiger partial charge is 0.477 e. The van der Waals surface area contributed by atoms with Crippen LogP contribution in [0.25, 0.3) is 0 Å². The van der Waals surface area contributed by atoms with Crippen LogP contribution in [0.3, 0.4) is 0 Å². The van der Waals surface area contributed by atoms with Crippen molar-refractivity contribution < 1.29 is 18.3 Å². The molecule has 2 unspecified atom stereocenters. The van der Waals surface area contributed by atoms with Crippen molar-refractivity contribution in [3.05, 3.63) is 18.0 Å². The second-order valence-corrected chi connectivity index (χ2v) is 6.92. The van der Waals surface area contributed by atoms with Crippen LogP contribution in [0.15, 0.2) is 17.2 Å². The summed E-state index contributed by atoms with van der Waals surface area (Å²) in [4.78, 5) is 13.3. The number of carboxylic acids is 1. The monoisotopic (exact) mass is 286 g/mol. The van der Waals surface area contributed by atoms with Crippen molar-refractivity contribution in [3.8, 4) is 0 Å². The van der Waals surface area contributed by atoms with Crippen LogP contribution in [0.2, 0.25) is 0 Å². The van der Waals surface area contributed by atoms with Crippen LogP contribution in [0.5, 0.6) is 0 Å². The number of rotatable bonds is 3. The van der Waals surface area contributed by atoms with Gasteiger partial charge in [-0.25, -0.2) is 13.2 Å². The average Bonchev–Trinajstić information content (AvgIpc) is 2.82. The molecule has 0 spiro atoms. The van der Waals surface area contributed by atoms with E-state index in [2.05, 4.69) is 4.98 Å². The van der Waals surface area contributed by atoms with Crippen LogP contribution in [0.1, 0.15) is 37.2 Å². The van der Waals surface area contributed by atoms with Crippen molar-refractivity contribution in [2.75, 3.05) is 6.54 Å². The standard InChI is InChI=1S/C12H18N2O4S/c1-8-4-3-5-14(9(8)2)19(17,18)10-6-11(12(15)16)13-7-10/h6-9,13H,3-5H2,1-2H3,(H,15,16). The zero-order chi connectivity index (χ0) is 14.2. The molecule has 0 saturated carbocycles. The van der Waals surface area contributed by atoms with Crippen LogP contribution in [0, 0.1) is 5.92 Å². The van der Waals surface area contributed by atoms with Crippen LogP contribution in [-0.4, -0.2) is 41.4 Å². The number of nitrogens with zero attached hydrogens (tertiary/aromatic N) is 1. The summed E-state index contributed by atoms with van der Waals surface area (Å²) >= 11 is 0. The number of carbonyl (C=O) groups is 1. The zero-order valence-electron chi connectivity index (χ0n) is 11.0. The van der Waals surface area contributed by atoms with Gasteiger partial charge in [0.05, 0.1) is 0 Å². The summed E-state index contributed by atoms with van der Waals surface area (Å²) < 4.78 is 26.5. The Balaban J connectivity index is 2.33. The van der Waals surface area contributed by atoms with Gasteiger partial charge in [-0.2, -0.15) is 4.31 Å². The number of nitrogens with one attached hydrogen (secondary N) is 1. The third kappa shape index (κ3) is 2.52. The predicted molar refractivity (Wildman–Crippen MR) is 69.5 cm³/mol. The highest BCUT2D eigenvalue weighted by molar-refractivity contribution is 7.89. The zero-order valence-corrected chi connectivity index (χ0v) is 11.8. The van der Waals surface area contributed by atoms with Crippen molar-refractivity contribution in [1.29, 1.82) is 0 Å². The highest BCUT2D eigenvalue weighted by Gasteiger charge is 2.35. The molecule has 6 nitrogen and oxygen atoms in total. The Labute approximate surface area is 112 Å². The maximum Gasteiger partial charge on any atom is 0.352 e. The minimum atomic E-state index is -3.62. The van der Waals surface area contributed by atoms with Crippen LogP contribution >= 0.6 is 0 Å². The van der Waals surface area contributed by atoms with E-state index in [-0.39, 0.29) is 16.6 Å². The molecule has 106 valence electrons. The molecule has 1 aromatic rings. The van der Waals surface area contributed by atoms with E-state index < -0.39 is 16.0 Å². The molecule has 2 N–H and O–H groups in total. The SMILES string of the molecule is CC1CCCN(S(=O)(=O)c2c[nH]c(C(=O)O)c2)C1C.